The van der Waals surface area contributed by atoms with Crippen molar-refractivity contribution in [2.45, 2.75) is 17.8 Å². The lowest BCUT2D eigenvalue weighted by atomic mass is 10.1. The van der Waals surface area contributed by atoms with Crippen LogP contribution in [-0.4, -0.2) is 31.8 Å². The molecule has 1 aromatic heterocycles. The second kappa shape index (κ2) is 6.15. The molecule has 0 unspecified atom stereocenters. The van der Waals surface area contributed by atoms with Crippen molar-refractivity contribution in [3.63, 3.8) is 0 Å². The highest BCUT2D eigenvalue weighted by Crippen LogP contribution is 2.29. The van der Waals surface area contributed by atoms with Crippen molar-refractivity contribution in [3.05, 3.63) is 47.3 Å². The summed E-state index contributed by atoms with van der Waals surface area (Å²) in [6, 6.07) is 7.46. The Morgan fingerprint density at radius 2 is 1.83 bits per heavy atom. The number of para-hydroxylation sites is 1. The van der Waals surface area contributed by atoms with Crippen molar-refractivity contribution < 1.29 is 26.3 Å². The molecule has 0 radical (unpaired) electrons. The number of benzene rings is 1. The van der Waals surface area contributed by atoms with Crippen LogP contribution in [0.3, 0.4) is 0 Å². The Bertz CT molecular complexity index is 820. The third-order valence-corrected chi connectivity index (χ3v) is 3.79. The number of rotatable bonds is 4. The van der Waals surface area contributed by atoms with E-state index >= 15 is 0 Å². The van der Waals surface area contributed by atoms with Gasteiger partial charge in [0.1, 0.15) is 11.4 Å². The van der Waals surface area contributed by atoms with Crippen LogP contribution in [-0.2, 0) is 22.4 Å². The molecule has 0 aliphatic carbocycles. The van der Waals surface area contributed by atoms with E-state index in [9.17, 15) is 21.6 Å². The molecule has 0 atom stereocenters. The molecule has 0 aliphatic rings. The van der Waals surface area contributed by atoms with Crippen molar-refractivity contribution in [2.24, 2.45) is 0 Å². The van der Waals surface area contributed by atoms with E-state index in [4.69, 9.17) is 4.74 Å². The van der Waals surface area contributed by atoms with Gasteiger partial charge in [0.25, 0.3) is 0 Å². The first-order valence-corrected chi connectivity index (χ1v) is 8.27. The Balaban J connectivity index is 2.54. The third-order valence-electron chi connectivity index (χ3n) is 2.94. The summed E-state index contributed by atoms with van der Waals surface area (Å²) in [5.41, 5.74) is -0.767. The number of halogens is 3. The van der Waals surface area contributed by atoms with E-state index in [0.29, 0.717) is 11.3 Å². The number of hydrogen-bond donors (Lipinski definition) is 0. The predicted molar refractivity (Wildman–Crippen MR) is 75.9 cm³/mol. The molecule has 9 heteroatoms. The molecule has 0 fully saturated rings. The molecule has 0 saturated heterocycles. The molecule has 124 valence electrons. The van der Waals surface area contributed by atoms with Gasteiger partial charge in [-0.1, -0.05) is 18.2 Å². The minimum absolute atomic E-state index is 0.0157. The SMILES string of the molecule is COc1ccccc1Cc1cc(C(F)(F)F)nc(S(C)(=O)=O)n1. The number of nitrogens with zero attached hydrogens (tertiary/aromatic N) is 2. The largest absolute Gasteiger partial charge is 0.496 e. The summed E-state index contributed by atoms with van der Waals surface area (Å²) < 4.78 is 66.9. The van der Waals surface area contributed by atoms with Crippen molar-refractivity contribution in [1.29, 1.82) is 0 Å². The van der Waals surface area contributed by atoms with Crippen molar-refractivity contribution >= 4 is 9.84 Å². The van der Waals surface area contributed by atoms with Gasteiger partial charge in [0, 0.05) is 18.2 Å². The number of sulfone groups is 1. The zero-order chi connectivity index (χ0) is 17.3. The normalized spacial score (nSPS) is 12.2. The van der Waals surface area contributed by atoms with E-state index < -0.39 is 26.9 Å². The number of aromatic nitrogens is 2. The van der Waals surface area contributed by atoms with E-state index in [2.05, 4.69) is 9.97 Å². The monoisotopic (exact) mass is 346 g/mol. The molecule has 0 aliphatic heterocycles. The second-order valence-electron chi connectivity index (χ2n) is 4.79. The standard InChI is InChI=1S/C14H13F3N2O3S/c1-22-11-6-4-3-5-9(11)7-10-8-12(14(15,16)17)19-13(18-10)23(2,20)21/h3-6,8H,7H2,1-2H3. The molecule has 1 heterocycles. The molecule has 2 rings (SSSR count). The Labute approximate surface area is 131 Å². The van der Waals surface area contributed by atoms with E-state index in [1.807, 2.05) is 0 Å². The Morgan fingerprint density at radius 1 is 1.17 bits per heavy atom. The van der Waals surface area contributed by atoms with Crippen LogP contribution in [0.5, 0.6) is 5.75 Å². The average Bonchev–Trinajstić information content (AvgIpc) is 2.45. The first-order valence-electron chi connectivity index (χ1n) is 6.38. The first-order chi connectivity index (χ1) is 10.6. The maximum absolute atomic E-state index is 12.9. The van der Waals surface area contributed by atoms with Crippen molar-refractivity contribution in [3.8, 4) is 5.75 Å². The fourth-order valence-electron chi connectivity index (χ4n) is 1.92. The molecule has 2 aromatic rings. The minimum Gasteiger partial charge on any atom is -0.496 e. The van der Waals surface area contributed by atoms with Gasteiger partial charge in [-0.25, -0.2) is 18.4 Å². The van der Waals surface area contributed by atoms with E-state index in [-0.39, 0.29) is 12.1 Å². The van der Waals surface area contributed by atoms with Gasteiger partial charge in [0.2, 0.25) is 15.0 Å². The van der Waals surface area contributed by atoms with Gasteiger partial charge < -0.3 is 4.74 Å². The molecular formula is C14H13F3N2O3S. The lowest BCUT2D eigenvalue weighted by molar-refractivity contribution is -0.141. The number of alkyl halides is 3. The predicted octanol–water partition coefficient (Wildman–Crippen LogP) is 2.50. The molecule has 0 saturated carbocycles. The fourth-order valence-corrected chi connectivity index (χ4v) is 2.47. The summed E-state index contributed by atoms with van der Waals surface area (Å²) in [7, 11) is -2.54. The van der Waals surface area contributed by atoms with Crippen LogP contribution in [0.15, 0.2) is 35.5 Å². The van der Waals surface area contributed by atoms with Crippen molar-refractivity contribution in [1.82, 2.24) is 9.97 Å². The smallest absolute Gasteiger partial charge is 0.433 e. The quantitative estimate of drug-likeness (QED) is 0.796. The molecule has 0 bridgehead atoms. The molecule has 0 N–H and O–H groups in total. The highest BCUT2D eigenvalue weighted by molar-refractivity contribution is 7.90. The maximum atomic E-state index is 12.9. The lowest BCUT2D eigenvalue weighted by Crippen LogP contribution is -2.15. The van der Waals surface area contributed by atoms with Crippen LogP contribution >= 0.6 is 0 Å². The van der Waals surface area contributed by atoms with Gasteiger partial charge in [-0.05, 0) is 12.1 Å². The number of methoxy groups -OCH3 is 1. The van der Waals surface area contributed by atoms with Crippen LogP contribution < -0.4 is 4.74 Å². The lowest BCUT2D eigenvalue weighted by Gasteiger charge is -2.11. The van der Waals surface area contributed by atoms with Gasteiger partial charge in [-0.2, -0.15) is 13.2 Å². The molecule has 1 aromatic carbocycles. The summed E-state index contributed by atoms with van der Waals surface area (Å²) in [4.78, 5) is 6.84. The second-order valence-corrected chi connectivity index (χ2v) is 6.70. The highest BCUT2D eigenvalue weighted by atomic mass is 32.2. The van der Waals surface area contributed by atoms with Gasteiger partial charge in [-0.15, -0.1) is 0 Å². The molecule has 0 spiro atoms. The first kappa shape index (κ1) is 17.2. The van der Waals surface area contributed by atoms with Gasteiger partial charge >= 0.3 is 6.18 Å². The number of hydrogen-bond acceptors (Lipinski definition) is 5. The Kier molecular flexibility index (Phi) is 4.60. The summed E-state index contributed by atoms with van der Waals surface area (Å²) in [6.45, 7) is 0. The van der Waals surface area contributed by atoms with Crippen LogP contribution in [0, 0.1) is 0 Å². The summed E-state index contributed by atoms with van der Waals surface area (Å²) >= 11 is 0. The van der Waals surface area contributed by atoms with Crippen LogP contribution in [0.4, 0.5) is 13.2 Å². The third kappa shape index (κ3) is 4.19. The van der Waals surface area contributed by atoms with Crippen LogP contribution in [0.1, 0.15) is 17.0 Å². The summed E-state index contributed by atoms with van der Waals surface area (Å²) in [6.07, 6.45) is -4.02. The maximum Gasteiger partial charge on any atom is 0.433 e. The Hall–Kier alpha value is -2.16. The minimum atomic E-state index is -4.77. The summed E-state index contributed by atoms with van der Waals surface area (Å²) in [5, 5.41) is -0.850. The van der Waals surface area contributed by atoms with E-state index in [1.54, 1.807) is 24.3 Å². The Morgan fingerprint density at radius 3 is 2.39 bits per heavy atom. The van der Waals surface area contributed by atoms with E-state index in [0.717, 1.165) is 12.3 Å². The number of ether oxygens (including phenoxy) is 1. The summed E-state index contributed by atoms with van der Waals surface area (Å²) in [5.74, 6) is 0.473. The van der Waals surface area contributed by atoms with Crippen LogP contribution in [0.25, 0.3) is 0 Å². The van der Waals surface area contributed by atoms with Crippen molar-refractivity contribution in [2.75, 3.05) is 13.4 Å². The molecule has 5 nitrogen and oxygen atoms in total. The van der Waals surface area contributed by atoms with Gasteiger partial charge in [-0.3, -0.25) is 0 Å². The van der Waals surface area contributed by atoms with E-state index in [1.165, 1.54) is 7.11 Å². The molecule has 0 amide bonds. The fraction of sp³-hybridized carbons (Fsp3) is 0.286. The highest BCUT2D eigenvalue weighted by Gasteiger charge is 2.34. The van der Waals surface area contributed by atoms with Gasteiger partial charge in [0.15, 0.2) is 0 Å². The zero-order valence-corrected chi connectivity index (χ0v) is 13.1. The van der Waals surface area contributed by atoms with Crippen LogP contribution in [0.2, 0.25) is 0 Å². The molecule has 23 heavy (non-hydrogen) atoms. The zero-order valence-electron chi connectivity index (χ0n) is 12.3. The average molecular weight is 346 g/mol. The van der Waals surface area contributed by atoms with Gasteiger partial charge in [0.05, 0.1) is 12.8 Å². The molecular weight excluding hydrogens is 333 g/mol. The topological polar surface area (TPSA) is 69.2 Å².